The summed E-state index contributed by atoms with van der Waals surface area (Å²) in [4.78, 5) is 12.5. The van der Waals surface area contributed by atoms with Crippen LogP contribution in [0.3, 0.4) is 0 Å². The van der Waals surface area contributed by atoms with Crippen LogP contribution in [-0.2, 0) is 16.4 Å². The number of carbonyl (C=O) groups excluding carboxylic acids is 1. The van der Waals surface area contributed by atoms with Crippen molar-refractivity contribution in [2.75, 3.05) is 0 Å². The lowest BCUT2D eigenvalue weighted by molar-refractivity contribution is -0.0505. The first kappa shape index (κ1) is 23.4. The number of benzene rings is 2. The molecule has 0 amide bonds. The molecule has 2 aromatic carbocycles. The predicted octanol–water partition coefficient (Wildman–Crippen LogP) is 1.71. The van der Waals surface area contributed by atoms with Gasteiger partial charge in [-0.2, -0.15) is 0 Å². The third kappa shape index (κ3) is 3.67. The number of fused-ring (bicyclic) bond motifs is 5. The van der Waals surface area contributed by atoms with Gasteiger partial charge in [-0.25, -0.2) is 18.4 Å². The molecular formula is C25H29NO7S. The number of hydrogen-bond donors (Lipinski definition) is 4. The first-order chi connectivity index (χ1) is 16.0. The molecule has 34 heavy (non-hydrogen) atoms. The number of ether oxygens (including phenoxy) is 1. The molecule has 9 heteroatoms. The van der Waals surface area contributed by atoms with E-state index in [1.54, 1.807) is 6.07 Å². The van der Waals surface area contributed by atoms with Gasteiger partial charge in [0.25, 0.3) is 0 Å². The zero-order valence-corrected chi connectivity index (χ0v) is 19.6. The van der Waals surface area contributed by atoms with Crippen LogP contribution in [0.4, 0.5) is 0 Å². The fraction of sp³-hybridized carbons (Fsp3) is 0.480. The molecule has 5 N–H and O–H groups in total. The lowest BCUT2D eigenvalue weighted by atomic mass is 9.55. The predicted molar refractivity (Wildman–Crippen MR) is 123 cm³/mol. The van der Waals surface area contributed by atoms with Gasteiger partial charge >= 0.3 is 5.97 Å². The number of carbonyl (C=O) groups is 1. The molecule has 0 saturated heterocycles. The SMILES string of the molecule is C[C@]12CCC3c4ccc(OC(=O)c5ccc(S(N)(=O)=O)cc5)cc4CCC3C1C(O)[C@@H](O)[C@@H]2O. The third-order valence-electron chi connectivity index (χ3n) is 8.34. The topological polar surface area (TPSA) is 147 Å². The van der Waals surface area contributed by atoms with Crippen molar-refractivity contribution in [3.63, 3.8) is 0 Å². The van der Waals surface area contributed by atoms with Gasteiger partial charge in [-0.3, -0.25) is 0 Å². The number of hydrogen-bond acceptors (Lipinski definition) is 7. The van der Waals surface area contributed by atoms with Gasteiger partial charge in [0.2, 0.25) is 10.0 Å². The molecule has 4 unspecified atom stereocenters. The Balaban J connectivity index is 1.35. The summed E-state index contributed by atoms with van der Waals surface area (Å²) in [5, 5.41) is 36.7. The van der Waals surface area contributed by atoms with E-state index in [1.807, 2.05) is 19.1 Å². The number of esters is 1. The van der Waals surface area contributed by atoms with Crippen molar-refractivity contribution in [2.24, 2.45) is 22.4 Å². The van der Waals surface area contributed by atoms with Gasteiger partial charge in [0, 0.05) is 5.41 Å². The third-order valence-corrected chi connectivity index (χ3v) is 9.27. The van der Waals surface area contributed by atoms with E-state index in [0.29, 0.717) is 5.75 Å². The van der Waals surface area contributed by atoms with Crippen LogP contribution in [0.1, 0.15) is 53.6 Å². The Morgan fingerprint density at radius 2 is 1.76 bits per heavy atom. The van der Waals surface area contributed by atoms with Crippen LogP contribution in [0.2, 0.25) is 0 Å². The quantitative estimate of drug-likeness (QED) is 0.381. The Hall–Kier alpha value is -2.30. The Labute approximate surface area is 198 Å². The van der Waals surface area contributed by atoms with Crippen LogP contribution in [0.5, 0.6) is 5.75 Å². The average molecular weight is 488 g/mol. The minimum Gasteiger partial charge on any atom is -0.423 e. The fourth-order valence-corrected chi connectivity index (χ4v) is 7.14. The van der Waals surface area contributed by atoms with Gasteiger partial charge < -0.3 is 20.1 Å². The van der Waals surface area contributed by atoms with Gasteiger partial charge in [0.15, 0.2) is 0 Å². The van der Waals surface area contributed by atoms with E-state index in [9.17, 15) is 28.5 Å². The number of primary sulfonamides is 1. The summed E-state index contributed by atoms with van der Waals surface area (Å²) in [5.41, 5.74) is 1.97. The van der Waals surface area contributed by atoms with Crippen LogP contribution >= 0.6 is 0 Å². The molecule has 8 nitrogen and oxygen atoms in total. The van der Waals surface area contributed by atoms with Gasteiger partial charge in [0.05, 0.1) is 22.7 Å². The standard InChI is InChI=1S/C25H29NO7S/c1-25-11-10-18-17-9-5-15(33-24(30)13-2-6-16(7-3-13)34(26,31)32)12-14(17)4-8-19(18)20(25)21(27)22(28)23(25)29/h2-3,5-7,9,12,18-23,27-29H,4,8,10-11H2,1H3,(H2,26,31,32)/t18?,19?,20?,21?,22-,23+,25+/m1/s1. The van der Waals surface area contributed by atoms with Gasteiger partial charge in [-0.15, -0.1) is 0 Å². The number of aliphatic hydroxyl groups is 3. The number of aliphatic hydroxyl groups excluding tert-OH is 3. The molecule has 0 aromatic heterocycles. The summed E-state index contributed by atoms with van der Waals surface area (Å²) in [6.45, 7) is 1.98. The highest BCUT2D eigenvalue weighted by Crippen LogP contribution is 2.61. The Bertz CT molecular complexity index is 1230. The molecule has 2 aromatic rings. The molecule has 0 radical (unpaired) electrons. The monoisotopic (exact) mass is 487 g/mol. The maximum Gasteiger partial charge on any atom is 0.343 e. The minimum atomic E-state index is -3.84. The molecule has 0 heterocycles. The Morgan fingerprint density at radius 3 is 2.44 bits per heavy atom. The van der Waals surface area contributed by atoms with E-state index in [-0.39, 0.29) is 28.2 Å². The van der Waals surface area contributed by atoms with Gasteiger partial charge in [0.1, 0.15) is 11.9 Å². The van der Waals surface area contributed by atoms with Crippen LogP contribution in [0.15, 0.2) is 47.4 Å². The average Bonchev–Trinajstić information content (AvgIpc) is 2.98. The van der Waals surface area contributed by atoms with Crippen molar-refractivity contribution in [1.29, 1.82) is 0 Å². The van der Waals surface area contributed by atoms with Crippen LogP contribution in [-0.4, -0.2) is 48.0 Å². The van der Waals surface area contributed by atoms with E-state index in [2.05, 4.69) is 0 Å². The summed E-state index contributed by atoms with van der Waals surface area (Å²) in [6, 6.07) is 10.8. The fourth-order valence-electron chi connectivity index (χ4n) is 6.62. The molecule has 182 valence electrons. The van der Waals surface area contributed by atoms with Crippen molar-refractivity contribution in [1.82, 2.24) is 0 Å². The van der Waals surface area contributed by atoms with E-state index in [4.69, 9.17) is 9.88 Å². The highest BCUT2D eigenvalue weighted by atomic mass is 32.2. The summed E-state index contributed by atoms with van der Waals surface area (Å²) >= 11 is 0. The maximum atomic E-state index is 12.6. The number of nitrogens with two attached hydrogens (primary N) is 1. The van der Waals surface area contributed by atoms with E-state index < -0.39 is 39.7 Å². The summed E-state index contributed by atoms with van der Waals surface area (Å²) in [6.07, 6.45) is 0.175. The first-order valence-corrected chi connectivity index (χ1v) is 13.1. The van der Waals surface area contributed by atoms with Crippen molar-refractivity contribution in [2.45, 2.75) is 61.7 Å². The highest BCUT2D eigenvalue weighted by molar-refractivity contribution is 7.89. The van der Waals surface area contributed by atoms with Gasteiger partial charge in [-0.1, -0.05) is 13.0 Å². The molecule has 0 bridgehead atoms. The summed E-state index contributed by atoms with van der Waals surface area (Å²) in [5.74, 6) is 0.0238. The van der Waals surface area contributed by atoms with Crippen molar-refractivity contribution >= 4 is 16.0 Å². The zero-order chi connectivity index (χ0) is 24.4. The van der Waals surface area contributed by atoms with Crippen molar-refractivity contribution in [3.05, 3.63) is 59.2 Å². The molecule has 0 aliphatic heterocycles. The second-order valence-electron chi connectivity index (χ2n) is 10.1. The molecule has 3 aliphatic rings. The molecule has 5 rings (SSSR count). The molecule has 2 saturated carbocycles. The zero-order valence-electron chi connectivity index (χ0n) is 18.8. The summed E-state index contributed by atoms with van der Waals surface area (Å²) in [7, 11) is -3.84. The molecule has 3 aliphatic carbocycles. The Kier molecular flexibility index (Phi) is 5.61. The lowest BCUT2D eigenvalue weighted by Crippen LogP contribution is -2.46. The van der Waals surface area contributed by atoms with Crippen LogP contribution in [0, 0.1) is 17.3 Å². The summed E-state index contributed by atoms with van der Waals surface area (Å²) < 4.78 is 28.3. The molecular weight excluding hydrogens is 458 g/mol. The van der Waals surface area contributed by atoms with Crippen molar-refractivity contribution < 1.29 is 33.3 Å². The Morgan fingerprint density at radius 1 is 1.06 bits per heavy atom. The smallest absolute Gasteiger partial charge is 0.343 e. The lowest BCUT2D eigenvalue weighted by Gasteiger charge is -2.50. The van der Waals surface area contributed by atoms with Crippen LogP contribution < -0.4 is 9.88 Å². The molecule has 2 fully saturated rings. The minimum absolute atomic E-state index is 0.0802. The highest BCUT2D eigenvalue weighted by Gasteiger charge is 2.62. The second kappa shape index (κ2) is 8.13. The molecule has 7 atom stereocenters. The maximum absolute atomic E-state index is 12.6. The van der Waals surface area contributed by atoms with Crippen molar-refractivity contribution in [3.8, 4) is 5.75 Å². The van der Waals surface area contributed by atoms with Crippen LogP contribution in [0.25, 0.3) is 0 Å². The first-order valence-electron chi connectivity index (χ1n) is 11.5. The van der Waals surface area contributed by atoms with E-state index in [0.717, 1.165) is 31.2 Å². The largest absolute Gasteiger partial charge is 0.423 e. The molecule has 0 spiro atoms. The number of sulfonamides is 1. The van der Waals surface area contributed by atoms with E-state index in [1.165, 1.54) is 29.8 Å². The normalized spacial score (nSPS) is 34.6. The van der Waals surface area contributed by atoms with Gasteiger partial charge in [-0.05, 0) is 91.0 Å². The van der Waals surface area contributed by atoms with E-state index >= 15 is 0 Å². The second-order valence-corrected chi connectivity index (χ2v) is 11.7. The number of rotatable bonds is 3. The number of aryl methyl sites for hydroxylation is 1.